The quantitative estimate of drug-likeness (QED) is 0.805. The third kappa shape index (κ3) is 2.21. The van der Waals surface area contributed by atoms with Gasteiger partial charge in [-0.25, -0.2) is 9.78 Å². The summed E-state index contributed by atoms with van der Waals surface area (Å²) in [6, 6.07) is 10.4. The second-order valence-electron chi connectivity index (χ2n) is 4.40. The van der Waals surface area contributed by atoms with Crippen LogP contribution in [0.2, 0.25) is 5.02 Å². The van der Waals surface area contributed by atoms with Gasteiger partial charge in [0.1, 0.15) is 11.4 Å². The van der Waals surface area contributed by atoms with E-state index in [0.717, 1.165) is 0 Å². The van der Waals surface area contributed by atoms with Crippen LogP contribution in [0.1, 0.15) is 10.5 Å². The topological polar surface area (TPSA) is 63.8 Å². The molecule has 0 unspecified atom stereocenters. The minimum atomic E-state index is -1.07. The fraction of sp³-hybridized carbons (Fsp3) is 0.0667. The maximum atomic E-state index is 11.6. The Labute approximate surface area is 125 Å². The minimum absolute atomic E-state index is 0.0701. The number of carboxylic acids is 1. The zero-order valence-electron chi connectivity index (χ0n) is 11.1. The number of carbonyl (C=O) groups is 1. The summed E-state index contributed by atoms with van der Waals surface area (Å²) < 4.78 is 6.64. The molecule has 5 nitrogen and oxygen atoms in total. The third-order valence-electron chi connectivity index (χ3n) is 3.15. The second kappa shape index (κ2) is 5.10. The predicted octanol–water partition coefficient (Wildman–Crippen LogP) is 3.36. The first kappa shape index (κ1) is 13.5. The van der Waals surface area contributed by atoms with Gasteiger partial charge in [0.05, 0.1) is 12.1 Å². The molecule has 1 N–H and O–H groups in total. The van der Waals surface area contributed by atoms with Crippen molar-refractivity contribution < 1.29 is 14.6 Å². The number of benzene rings is 1. The number of fused-ring (bicyclic) bond motifs is 1. The molecule has 0 aliphatic heterocycles. The van der Waals surface area contributed by atoms with Crippen LogP contribution in [-0.4, -0.2) is 27.6 Å². The monoisotopic (exact) mass is 302 g/mol. The SMILES string of the molecule is COc1cccc(-c2nc3c(Cl)cccn3c2C(=O)O)c1. The Hall–Kier alpha value is -2.53. The van der Waals surface area contributed by atoms with Gasteiger partial charge in [0.25, 0.3) is 0 Å². The zero-order chi connectivity index (χ0) is 15.0. The highest BCUT2D eigenvalue weighted by atomic mass is 35.5. The van der Waals surface area contributed by atoms with Gasteiger partial charge in [-0.05, 0) is 24.3 Å². The number of nitrogens with zero attached hydrogens (tertiary/aromatic N) is 2. The second-order valence-corrected chi connectivity index (χ2v) is 4.80. The van der Waals surface area contributed by atoms with E-state index in [9.17, 15) is 9.90 Å². The molecule has 3 aromatic rings. The first-order valence-corrected chi connectivity index (χ1v) is 6.54. The number of aromatic nitrogens is 2. The van der Waals surface area contributed by atoms with Crippen molar-refractivity contribution in [2.45, 2.75) is 0 Å². The van der Waals surface area contributed by atoms with Gasteiger partial charge in [-0.1, -0.05) is 23.7 Å². The molecule has 0 amide bonds. The Morgan fingerprint density at radius 2 is 2.14 bits per heavy atom. The lowest BCUT2D eigenvalue weighted by Crippen LogP contribution is -2.03. The van der Waals surface area contributed by atoms with E-state index >= 15 is 0 Å². The van der Waals surface area contributed by atoms with Crippen LogP contribution in [0.3, 0.4) is 0 Å². The lowest BCUT2D eigenvalue weighted by atomic mass is 10.1. The maximum absolute atomic E-state index is 11.6. The molecule has 0 saturated heterocycles. The Kier molecular flexibility index (Phi) is 3.27. The van der Waals surface area contributed by atoms with E-state index in [1.165, 1.54) is 4.40 Å². The molecular formula is C15H11ClN2O3. The van der Waals surface area contributed by atoms with E-state index in [2.05, 4.69) is 4.98 Å². The van der Waals surface area contributed by atoms with Crippen molar-refractivity contribution in [3.05, 3.63) is 53.3 Å². The Morgan fingerprint density at radius 3 is 2.86 bits per heavy atom. The largest absolute Gasteiger partial charge is 0.497 e. The summed E-state index contributed by atoms with van der Waals surface area (Å²) in [7, 11) is 1.55. The molecule has 0 atom stereocenters. The number of carboxylic acid groups (broad SMARTS) is 1. The molecule has 0 saturated carbocycles. The molecule has 2 heterocycles. The molecule has 0 radical (unpaired) electrons. The van der Waals surface area contributed by atoms with Crippen LogP contribution in [0.4, 0.5) is 0 Å². The summed E-state index contributed by atoms with van der Waals surface area (Å²) in [5.74, 6) is -0.436. The fourth-order valence-corrected chi connectivity index (χ4v) is 2.42. The molecule has 0 spiro atoms. The fourth-order valence-electron chi connectivity index (χ4n) is 2.21. The Balaban J connectivity index is 2.33. The highest BCUT2D eigenvalue weighted by molar-refractivity contribution is 6.33. The summed E-state index contributed by atoms with van der Waals surface area (Å²) >= 11 is 6.09. The number of halogens is 1. The van der Waals surface area contributed by atoms with Crippen LogP contribution in [0.5, 0.6) is 5.75 Å². The number of imidazole rings is 1. The van der Waals surface area contributed by atoms with Crippen molar-refractivity contribution in [3.8, 4) is 17.0 Å². The summed E-state index contributed by atoms with van der Waals surface area (Å²) in [6.07, 6.45) is 1.63. The third-order valence-corrected chi connectivity index (χ3v) is 3.44. The first-order valence-electron chi connectivity index (χ1n) is 6.16. The van der Waals surface area contributed by atoms with Crippen molar-refractivity contribution in [3.63, 3.8) is 0 Å². The van der Waals surface area contributed by atoms with E-state index < -0.39 is 5.97 Å². The molecule has 0 fully saturated rings. The number of rotatable bonds is 3. The molecule has 1 aromatic carbocycles. The van der Waals surface area contributed by atoms with Crippen molar-refractivity contribution >= 4 is 23.2 Å². The first-order chi connectivity index (χ1) is 10.1. The lowest BCUT2D eigenvalue weighted by Gasteiger charge is -2.03. The van der Waals surface area contributed by atoms with Crippen molar-refractivity contribution in [1.29, 1.82) is 0 Å². The standard InChI is InChI=1S/C15H11ClN2O3/c1-21-10-5-2-4-9(8-10)12-13(15(19)20)18-7-3-6-11(16)14(18)17-12/h2-8H,1H3,(H,19,20). The van der Waals surface area contributed by atoms with Gasteiger partial charge < -0.3 is 9.84 Å². The molecule has 21 heavy (non-hydrogen) atoms. The molecule has 0 bridgehead atoms. The van der Waals surface area contributed by atoms with Crippen LogP contribution in [0.25, 0.3) is 16.9 Å². The zero-order valence-corrected chi connectivity index (χ0v) is 11.8. The highest BCUT2D eigenvalue weighted by Crippen LogP contribution is 2.29. The van der Waals surface area contributed by atoms with Crippen LogP contribution in [0, 0.1) is 0 Å². The molecule has 3 rings (SSSR count). The van der Waals surface area contributed by atoms with Crippen LogP contribution >= 0.6 is 11.6 Å². The summed E-state index contributed by atoms with van der Waals surface area (Å²) in [4.78, 5) is 16.0. The van der Waals surface area contributed by atoms with E-state index in [-0.39, 0.29) is 5.69 Å². The van der Waals surface area contributed by atoms with Gasteiger partial charge in [0, 0.05) is 11.8 Å². The average Bonchev–Trinajstić information content (AvgIpc) is 2.88. The van der Waals surface area contributed by atoms with E-state index in [4.69, 9.17) is 16.3 Å². The van der Waals surface area contributed by atoms with Gasteiger partial charge in [0.15, 0.2) is 11.3 Å². The normalized spacial score (nSPS) is 10.8. The Bertz CT molecular complexity index is 842. The average molecular weight is 303 g/mol. The lowest BCUT2D eigenvalue weighted by molar-refractivity contribution is 0.0690. The van der Waals surface area contributed by atoms with E-state index in [1.807, 2.05) is 0 Å². The summed E-state index contributed by atoms with van der Waals surface area (Å²) in [5.41, 5.74) is 1.50. The van der Waals surface area contributed by atoms with Gasteiger partial charge in [-0.15, -0.1) is 0 Å². The predicted molar refractivity (Wildman–Crippen MR) is 79.1 cm³/mol. The van der Waals surface area contributed by atoms with Crippen molar-refractivity contribution in [2.24, 2.45) is 0 Å². The molecule has 6 heteroatoms. The molecule has 0 aliphatic carbocycles. The van der Waals surface area contributed by atoms with Crippen LogP contribution in [-0.2, 0) is 0 Å². The van der Waals surface area contributed by atoms with E-state index in [1.54, 1.807) is 49.7 Å². The summed E-state index contributed by atoms with van der Waals surface area (Å²) in [5, 5.41) is 9.89. The molecule has 0 aliphatic rings. The Morgan fingerprint density at radius 1 is 1.33 bits per heavy atom. The smallest absolute Gasteiger partial charge is 0.355 e. The number of pyridine rings is 1. The summed E-state index contributed by atoms with van der Waals surface area (Å²) in [6.45, 7) is 0. The van der Waals surface area contributed by atoms with Gasteiger partial charge >= 0.3 is 5.97 Å². The van der Waals surface area contributed by atoms with Crippen LogP contribution in [0.15, 0.2) is 42.6 Å². The molecular weight excluding hydrogens is 292 g/mol. The molecule has 106 valence electrons. The van der Waals surface area contributed by atoms with Gasteiger partial charge in [-0.2, -0.15) is 0 Å². The van der Waals surface area contributed by atoms with Crippen molar-refractivity contribution in [2.75, 3.05) is 7.11 Å². The van der Waals surface area contributed by atoms with E-state index in [0.29, 0.717) is 27.7 Å². The van der Waals surface area contributed by atoms with Crippen LogP contribution < -0.4 is 4.74 Å². The maximum Gasteiger partial charge on any atom is 0.355 e. The van der Waals surface area contributed by atoms with Gasteiger partial charge in [0.2, 0.25) is 0 Å². The number of methoxy groups -OCH3 is 1. The minimum Gasteiger partial charge on any atom is -0.497 e. The van der Waals surface area contributed by atoms with Gasteiger partial charge in [-0.3, -0.25) is 4.40 Å². The number of hydrogen-bond donors (Lipinski definition) is 1. The number of aromatic carboxylic acids is 1. The number of hydrogen-bond acceptors (Lipinski definition) is 3. The highest BCUT2D eigenvalue weighted by Gasteiger charge is 2.21. The number of ether oxygens (including phenoxy) is 1. The van der Waals surface area contributed by atoms with Crippen molar-refractivity contribution in [1.82, 2.24) is 9.38 Å². The molecule has 2 aromatic heterocycles.